The summed E-state index contributed by atoms with van der Waals surface area (Å²) >= 11 is 3.62. The number of fused-ring (bicyclic) bond motifs is 1. The predicted molar refractivity (Wildman–Crippen MR) is 88.1 cm³/mol. The molecule has 0 amide bonds. The molecular formula is C16H20BrN3. The Kier molecular flexibility index (Phi) is 3.94. The summed E-state index contributed by atoms with van der Waals surface area (Å²) in [7, 11) is 2.16. The van der Waals surface area contributed by atoms with E-state index in [1.165, 1.54) is 10.8 Å². The number of hydrogen-bond donors (Lipinski definition) is 1. The van der Waals surface area contributed by atoms with Crippen LogP contribution in [-0.4, -0.2) is 24.1 Å². The highest BCUT2D eigenvalue weighted by Crippen LogP contribution is 2.32. The number of pyridine rings is 1. The van der Waals surface area contributed by atoms with Crippen molar-refractivity contribution in [2.45, 2.75) is 37.8 Å². The molecule has 3 nitrogen and oxygen atoms in total. The Balaban J connectivity index is 1.95. The van der Waals surface area contributed by atoms with Crippen molar-refractivity contribution in [1.82, 2.24) is 4.98 Å². The van der Waals surface area contributed by atoms with Crippen LogP contribution in [0.4, 0.5) is 5.82 Å². The number of benzene rings is 1. The maximum atomic E-state index is 6.01. The van der Waals surface area contributed by atoms with Crippen molar-refractivity contribution in [1.29, 1.82) is 0 Å². The Morgan fingerprint density at radius 2 is 1.90 bits per heavy atom. The van der Waals surface area contributed by atoms with Crippen LogP contribution in [0.1, 0.15) is 25.7 Å². The van der Waals surface area contributed by atoms with Crippen molar-refractivity contribution in [3.05, 3.63) is 34.9 Å². The fourth-order valence-corrected chi connectivity index (χ4v) is 3.59. The van der Waals surface area contributed by atoms with E-state index in [1.54, 1.807) is 0 Å². The highest BCUT2D eigenvalue weighted by molar-refractivity contribution is 9.10. The number of aromatic nitrogens is 1. The molecule has 4 heteroatoms. The lowest BCUT2D eigenvalue weighted by molar-refractivity contribution is 0.384. The first-order valence-electron chi connectivity index (χ1n) is 7.18. The third-order valence-electron chi connectivity index (χ3n) is 4.36. The highest BCUT2D eigenvalue weighted by Gasteiger charge is 2.23. The van der Waals surface area contributed by atoms with Crippen LogP contribution >= 0.6 is 15.9 Å². The summed E-state index contributed by atoms with van der Waals surface area (Å²) in [6.45, 7) is 0. The number of halogens is 1. The molecule has 20 heavy (non-hydrogen) atoms. The molecule has 0 radical (unpaired) electrons. The summed E-state index contributed by atoms with van der Waals surface area (Å²) in [5.41, 5.74) is 6.01. The van der Waals surface area contributed by atoms with Gasteiger partial charge in [-0.15, -0.1) is 0 Å². The van der Waals surface area contributed by atoms with E-state index >= 15 is 0 Å². The molecule has 1 aliphatic carbocycles. The zero-order valence-electron chi connectivity index (χ0n) is 11.7. The molecule has 0 saturated heterocycles. The van der Waals surface area contributed by atoms with Crippen LogP contribution in [0.5, 0.6) is 0 Å². The molecule has 0 atom stereocenters. The third-order valence-corrected chi connectivity index (χ3v) is 5.05. The predicted octanol–water partition coefficient (Wildman–Crippen LogP) is 3.70. The first-order chi connectivity index (χ1) is 9.66. The largest absolute Gasteiger partial charge is 0.356 e. The molecular weight excluding hydrogens is 314 g/mol. The number of anilines is 1. The minimum atomic E-state index is 0.384. The minimum Gasteiger partial charge on any atom is -0.356 e. The molecule has 1 aromatic heterocycles. The SMILES string of the molecule is CN(c1nccc2c(Br)cccc12)C1CCC(N)CC1. The Labute approximate surface area is 128 Å². The van der Waals surface area contributed by atoms with Gasteiger partial charge in [-0.2, -0.15) is 0 Å². The number of nitrogens with two attached hydrogens (primary N) is 1. The first kappa shape index (κ1) is 13.8. The lowest BCUT2D eigenvalue weighted by Gasteiger charge is -2.34. The molecule has 1 aromatic carbocycles. The molecule has 0 unspecified atom stereocenters. The number of hydrogen-bond acceptors (Lipinski definition) is 3. The standard InChI is InChI=1S/C16H20BrN3/c1-20(12-7-5-11(18)6-8-12)16-14-3-2-4-15(17)13(14)9-10-19-16/h2-4,9-12H,5-8,18H2,1H3. The van der Waals surface area contributed by atoms with Gasteiger partial charge in [0.15, 0.2) is 0 Å². The molecule has 0 spiro atoms. The van der Waals surface area contributed by atoms with Gasteiger partial charge in [0.25, 0.3) is 0 Å². The van der Waals surface area contributed by atoms with Gasteiger partial charge in [-0.1, -0.05) is 28.1 Å². The minimum absolute atomic E-state index is 0.384. The number of rotatable bonds is 2. The Morgan fingerprint density at radius 1 is 1.15 bits per heavy atom. The van der Waals surface area contributed by atoms with Crippen molar-refractivity contribution < 1.29 is 0 Å². The van der Waals surface area contributed by atoms with Gasteiger partial charge in [0.2, 0.25) is 0 Å². The van der Waals surface area contributed by atoms with Crippen molar-refractivity contribution in [2.24, 2.45) is 5.73 Å². The lowest BCUT2D eigenvalue weighted by Crippen LogP contribution is -2.39. The zero-order valence-corrected chi connectivity index (χ0v) is 13.3. The van der Waals surface area contributed by atoms with Gasteiger partial charge >= 0.3 is 0 Å². The smallest absolute Gasteiger partial charge is 0.136 e. The normalized spacial score (nSPS) is 22.9. The second-order valence-electron chi connectivity index (χ2n) is 5.65. The van der Waals surface area contributed by atoms with E-state index in [4.69, 9.17) is 5.73 Å². The van der Waals surface area contributed by atoms with E-state index in [9.17, 15) is 0 Å². The molecule has 106 valence electrons. The highest BCUT2D eigenvalue weighted by atomic mass is 79.9. The van der Waals surface area contributed by atoms with Gasteiger partial charge in [0.1, 0.15) is 5.82 Å². The summed E-state index contributed by atoms with van der Waals surface area (Å²) in [6.07, 6.45) is 6.44. The van der Waals surface area contributed by atoms with Crippen molar-refractivity contribution in [3.63, 3.8) is 0 Å². The zero-order chi connectivity index (χ0) is 14.1. The van der Waals surface area contributed by atoms with E-state index in [-0.39, 0.29) is 0 Å². The van der Waals surface area contributed by atoms with Gasteiger partial charge in [-0.05, 0) is 37.8 Å². The topological polar surface area (TPSA) is 42.2 Å². The Hall–Kier alpha value is -1.13. The molecule has 3 rings (SSSR count). The quantitative estimate of drug-likeness (QED) is 0.910. The summed E-state index contributed by atoms with van der Waals surface area (Å²) in [6, 6.07) is 9.29. The molecule has 2 aromatic rings. The van der Waals surface area contributed by atoms with E-state index in [0.29, 0.717) is 12.1 Å². The maximum Gasteiger partial charge on any atom is 0.136 e. The molecule has 1 fully saturated rings. The van der Waals surface area contributed by atoms with Gasteiger partial charge in [-0.3, -0.25) is 0 Å². The molecule has 1 heterocycles. The second kappa shape index (κ2) is 5.70. The van der Waals surface area contributed by atoms with Crippen molar-refractivity contribution in [3.8, 4) is 0 Å². The van der Waals surface area contributed by atoms with Crippen LogP contribution in [0.25, 0.3) is 10.8 Å². The van der Waals surface area contributed by atoms with Gasteiger partial charge in [0.05, 0.1) is 0 Å². The van der Waals surface area contributed by atoms with Crippen LogP contribution in [0.2, 0.25) is 0 Å². The molecule has 2 N–H and O–H groups in total. The van der Waals surface area contributed by atoms with Crippen LogP contribution in [0.3, 0.4) is 0 Å². The van der Waals surface area contributed by atoms with Gasteiger partial charge in [-0.25, -0.2) is 4.98 Å². The Bertz CT molecular complexity index is 606. The summed E-state index contributed by atoms with van der Waals surface area (Å²) in [5.74, 6) is 1.07. The van der Waals surface area contributed by atoms with E-state index in [1.807, 2.05) is 6.20 Å². The van der Waals surface area contributed by atoms with Crippen LogP contribution in [0.15, 0.2) is 34.9 Å². The summed E-state index contributed by atoms with van der Waals surface area (Å²) in [5, 5.41) is 2.43. The average molecular weight is 334 g/mol. The van der Waals surface area contributed by atoms with E-state index < -0.39 is 0 Å². The van der Waals surface area contributed by atoms with Gasteiger partial charge in [0, 0.05) is 40.6 Å². The first-order valence-corrected chi connectivity index (χ1v) is 7.98. The van der Waals surface area contributed by atoms with Crippen molar-refractivity contribution in [2.75, 3.05) is 11.9 Å². The molecule has 1 saturated carbocycles. The van der Waals surface area contributed by atoms with Gasteiger partial charge < -0.3 is 10.6 Å². The number of nitrogens with zero attached hydrogens (tertiary/aromatic N) is 2. The van der Waals surface area contributed by atoms with Crippen LogP contribution in [0, 0.1) is 0 Å². The third kappa shape index (κ3) is 2.54. The van der Waals surface area contributed by atoms with Crippen LogP contribution in [-0.2, 0) is 0 Å². The monoisotopic (exact) mass is 333 g/mol. The second-order valence-corrected chi connectivity index (χ2v) is 6.50. The Morgan fingerprint density at radius 3 is 2.65 bits per heavy atom. The lowest BCUT2D eigenvalue weighted by atomic mass is 9.91. The van der Waals surface area contributed by atoms with E-state index in [0.717, 1.165) is 36.0 Å². The average Bonchev–Trinajstić information content (AvgIpc) is 2.47. The molecule has 0 bridgehead atoms. The fraction of sp³-hybridized carbons (Fsp3) is 0.438. The fourth-order valence-electron chi connectivity index (χ4n) is 3.10. The maximum absolute atomic E-state index is 6.01. The van der Waals surface area contributed by atoms with Crippen LogP contribution < -0.4 is 10.6 Å². The molecule has 0 aliphatic heterocycles. The van der Waals surface area contributed by atoms with Crippen molar-refractivity contribution >= 4 is 32.5 Å². The summed E-state index contributed by atoms with van der Waals surface area (Å²) in [4.78, 5) is 6.95. The summed E-state index contributed by atoms with van der Waals surface area (Å²) < 4.78 is 1.12. The molecule has 1 aliphatic rings. The van der Waals surface area contributed by atoms with E-state index in [2.05, 4.69) is 57.1 Å².